The van der Waals surface area contributed by atoms with Crippen molar-refractivity contribution in [2.75, 3.05) is 10.6 Å². The number of hydrogen-bond donors (Lipinski definition) is 2. The topological polar surface area (TPSA) is 41.1 Å². The van der Waals surface area contributed by atoms with Crippen LogP contribution in [-0.2, 0) is 4.79 Å². The second-order valence-corrected chi connectivity index (χ2v) is 5.24. The van der Waals surface area contributed by atoms with Crippen LogP contribution in [0.25, 0.3) is 0 Å². The van der Waals surface area contributed by atoms with E-state index < -0.39 is 0 Å². The number of nitrogens with one attached hydrogen (secondary N) is 2. The number of rotatable bonds is 4. The molecule has 0 aliphatic heterocycles. The van der Waals surface area contributed by atoms with E-state index in [1.54, 1.807) is 43.3 Å². The van der Waals surface area contributed by atoms with Crippen molar-refractivity contribution in [3.63, 3.8) is 0 Å². The van der Waals surface area contributed by atoms with E-state index in [1.165, 1.54) is 0 Å². The third-order valence-electron chi connectivity index (χ3n) is 2.73. The molecule has 0 spiro atoms. The molecule has 0 saturated heterocycles. The molecular formula is C15H14Cl2N2O. The molecule has 0 bridgehead atoms. The van der Waals surface area contributed by atoms with Gasteiger partial charge in [-0.05, 0) is 55.5 Å². The summed E-state index contributed by atoms with van der Waals surface area (Å²) in [6.45, 7) is 1.79. The summed E-state index contributed by atoms with van der Waals surface area (Å²) in [6.07, 6.45) is 0. The summed E-state index contributed by atoms with van der Waals surface area (Å²) in [5.41, 5.74) is 1.55. The first-order valence-electron chi connectivity index (χ1n) is 6.13. The lowest BCUT2D eigenvalue weighted by Crippen LogP contribution is -2.31. The zero-order valence-electron chi connectivity index (χ0n) is 10.9. The van der Waals surface area contributed by atoms with Crippen molar-refractivity contribution in [1.82, 2.24) is 0 Å². The molecule has 0 fully saturated rings. The van der Waals surface area contributed by atoms with E-state index in [4.69, 9.17) is 23.2 Å². The number of carbonyl (C=O) groups excluding carboxylic acids is 1. The van der Waals surface area contributed by atoms with Crippen LogP contribution in [0, 0.1) is 0 Å². The number of anilines is 2. The van der Waals surface area contributed by atoms with Crippen molar-refractivity contribution < 1.29 is 4.79 Å². The predicted molar refractivity (Wildman–Crippen MR) is 84.6 cm³/mol. The maximum Gasteiger partial charge on any atom is 0.246 e. The molecule has 20 heavy (non-hydrogen) atoms. The molecule has 2 aromatic carbocycles. The Balaban J connectivity index is 1.94. The van der Waals surface area contributed by atoms with E-state index in [-0.39, 0.29) is 11.9 Å². The highest BCUT2D eigenvalue weighted by atomic mass is 35.5. The van der Waals surface area contributed by atoms with Gasteiger partial charge in [-0.2, -0.15) is 0 Å². The van der Waals surface area contributed by atoms with Crippen LogP contribution in [0.3, 0.4) is 0 Å². The molecule has 5 heteroatoms. The Bertz CT molecular complexity index is 582. The van der Waals surface area contributed by atoms with Crippen molar-refractivity contribution in [3.8, 4) is 0 Å². The van der Waals surface area contributed by atoms with Crippen LogP contribution in [0.4, 0.5) is 11.4 Å². The van der Waals surface area contributed by atoms with Gasteiger partial charge in [-0.3, -0.25) is 4.79 Å². The van der Waals surface area contributed by atoms with Gasteiger partial charge in [0.25, 0.3) is 0 Å². The molecule has 1 atom stereocenters. The molecule has 0 heterocycles. The summed E-state index contributed by atoms with van der Waals surface area (Å²) in [7, 11) is 0. The summed E-state index contributed by atoms with van der Waals surface area (Å²) >= 11 is 11.6. The minimum Gasteiger partial charge on any atom is -0.374 e. The van der Waals surface area contributed by atoms with E-state index in [0.717, 1.165) is 5.69 Å². The van der Waals surface area contributed by atoms with Gasteiger partial charge in [0.2, 0.25) is 5.91 Å². The van der Waals surface area contributed by atoms with Gasteiger partial charge >= 0.3 is 0 Å². The van der Waals surface area contributed by atoms with E-state index >= 15 is 0 Å². The summed E-state index contributed by atoms with van der Waals surface area (Å²) in [6, 6.07) is 13.8. The van der Waals surface area contributed by atoms with Gasteiger partial charge in [0, 0.05) is 21.4 Å². The molecule has 0 radical (unpaired) electrons. The number of hydrogen-bond acceptors (Lipinski definition) is 2. The van der Waals surface area contributed by atoms with Gasteiger partial charge < -0.3 is 10.6 Å². The lowest BCUT2D eigenvalue weighted by atomic mass is 10.2. The van der Waals surface area contributed by atoms with Gasteiger partial charge in [-0.15, -0.1) is 0 Å². The van der Waals surface area contributed by atoms with Crippen LogP contribution in [0.2, 0.25) is 10.0 Å². The monoisotopic (exact) mass is 308 g/mol. The SMILES string of the molecule is C[C@H](Nc1ccc(Cl)cc1)C(=O)Nc1ccc(Cl)cc1. The predicted octanol–water partition coefficient (Wildman–Crippen LogP) is 4.43. The summed E-state index contributed by atoms with van der Waals surface area (Å²) in [5, 5.41) is 7.21. The van der Waals surface area contributed by atoms with Crippen LogP contribution >= 0.6 is 23.2 Å². The maximum atomic E-state index is 12.0. The first kappa shape index (κ1) is 14.7. The smallest absolute Gasteiger partial charge is 0.246 e. The van der Waals surface area contributed by atoms with E-state index in [9.17, 15) is 4.79 Å². The zero-order valence-corrected chi connectivity index (χ0v) is 12.4. The van der Waals surface area contributed by atoms with Gasteiger partial charge in [-0.25, -0.2) is 0 Å². The molecular weight excluding hydrogens is 295 g/mol. The van der Waals surface area contributed by atoms with Crippen molar-refractivity contribution >= 4 is 40.5 Å². The molecule has 1 amide bonds. The van der Waals surface area contributed by atoms with Crippen LogP contribution in [0.5, 0.6) is 0 Å². The summed E-state index contributed by atoms with van der Waals surface area (Å²) in [4.78, 5) is 12.0. The lowest BCUT2D eigenvalue weighted by Gasteiger charge is -2.15. The third kappa shape index (κ3) is 4.15. The summed E-state index contributed by atoms with van der Waals surface area (Å²) in [5.74, 6) is -0.123. The Hall–Kier alpha value is -1.71. The molecule has 2 rings (SSSR count). The molecule has 3 nitrogen and oxygen atoms in total. The largest absolute Gasteiger partial charge is 0.374 e. The maximum absolute atomic E-state index is 12.0. The number of carbonyl (C=O) groups is 1. The minimum absolute atomic E-state index is 0.123. The number of amides is 1. The fraction of sp³-hybridized carbons (Fsp3) is 0.133. The van der Waals surface area contributed by atoms with Gasteiger partial charge in [0.1, 0.15) is 6.04 Å². The Kier molecular flexibility index (Phi) is 4.88. The van der Waals surface area contributed by atoms with Gasteiger partial charge in [0.05, 0.1) is 0 Å². The Morgan fingerprint density at radius 2 is 1.35 bits per heavy atom. The highest BCUT2D eigenvalue weighted by Gasteiger charge is 2.12. The zero-order chi connectivity index (χ0) is 14.5. The van der Waals surface area contributed by atoms with Crippen LogP contribution < -0.4 is 10.6 Å². The highest BCUT2D eigenvalue weighted by Crippen LogP contribution is 2.16. The molecule has 0 aliphatic rings. The Labute approximate surface area is 127 Å². The van der Waals surface area contributed by atoms with Crippen LogP contribution in [0.15, 0.2) is 48.5 Å². The molecule has 0 aromatic heterocycles. The molecule has 2 aromatic rings. The van der Waals surface area contributed by atoms with Crippen molar-refractivity contribution in [3.05, 3.63) is 58.6 Å². The number of halogens is 2. The quantitative estimate of drug-likeness (QED) is 0.877. The van der Waals surface area contributed by atoms with Crippen LogP contribution in [-0.4, -0.2) is 11.9 Å². The molecule has 104 valence electrons. The van der Waals surface area contributed by atoms with E-state index in [0.29, 0.717) is 15.7 Å². The fourth-order valence-electron chi connectivity index (χ4n) is 1.65. The fourth-order valence-corrected chi connectivity index (χ4v) is 1.90. The second-order valence-electron chi connectivity index (χ2n) is 4.37. The van der Waals surface area contributed by atoms with Crippen LogP contribution in [0.1, 0.15) is 6.92 Å². The molecule has 0 aliphatic carbocycles. The average Bonchev–Trinajstić information content (AvgIpc) is 2.44. The van der Waals surface area contributed by atoms with E-state index in [2.05, 4.69) is 10.6 Å². The van der Waals surface area contributed by atoms with Gasteiger partial charge in [-0.1, -0.05) is 23.2 Å². The minimum atomic E-state index is -0.369. The second kappa shape index (κ2) is 6.64. The van der Waals surface area contributed by atoms with E-state index in [1.807, 2.05) is 12.1 Å². The first-order valence-corrected chi connectivity index (χ1v) is 6.89. The van der Waals surface area contributed by atoms with Crippen molar-refractivity contribution in [1.29, 1.82) is 0 Å². The third-order valence-corrected chi connectivity index (χ3v) is 3.24. The van der Waals surface area contributed by atoms with Crippen molar-refractivity contribution in [2.45, 2.75) is 13.0 Å². The first-order chi connectivity index (χ1) is 9.54. The Morgan fingerprint density at radius 1 is 0.900 bits per heavy atom. The highest BCUT2D eigenvalue weighted by molar-refractivity contribution is 6.30. The lowest BCUT2D eigenvalue weighted by molar-refractivity contribution is -0.116. The van der Waals surface area contributed by atoms with Gasteiger partial charge in [0.15, 0.2) is 0 Å². The summed E-state index contributed by atoms with van der Waals surface area (Å²) < 4.78 is 0. The molecule has 0 unspecified atom stereocenters. The van der Waals surface area contributed by atoms with Crippen molar-refractivity contribution in [2.24, 2.45) is 0 Å². The number of benzene rings is 2. The molecule has 0 saturated carbocycles. The average molecular weight is 309 g/mol. The standard InChI is InChI=1S/C15H14Cl2N2O/c1-10(18-13-6-2-11(16)3-7-13)15(20)19-14-8-4-12(17)5-9-14/h2-10,18H,1H3,(H,19,20)/t10-/m0/s1. The normalized spacial score (nSPS) is 11.8. The Morgan fingerprint density at radius 3 is 1.85 bits per heavy atom. The molecule has 2 N–H and O–H groups in total.